The zero-order valence-corrected chi connectivity index (χ0v) is 20.7. The lowest BCUT2D eigenvalue weighted by Gasteiger charge is -1.93. The first kappa shape index (κ1) is 19.5. The smallest absolute Gasteiger partial charge is 0.0478 e. The van der Waals surface area contributed by atoms with Crippen molar-refractivity contribution < 1.29 is 0 Å². The molecule has 0 saturated heterocycles. The van der Waals surface area contributed by atoms with E-state index in [9.17, 15) is 0 Å². The van der Waals surface area contributed by atoms with Crippen LogP contribution < -0.4 is 0 Å². The van der Waals surface area contributed by atoms with Gasteiger partial charge < -0.3 is 0 Å². The summed E-state index contributed by atoms with van der Waals surface area (Å²) in [6, 6.07) is 18.2. The zero-order chi connectivity index (χ0) is 20.1. The number of hydrogen-bond acceptors (Lipinski definition) is 5. The minimum Gasteiger partial charge on any atom is -0.140 e. The van der Waals surface area contributed by atoms with E-state index in [1.807, 2.05) is 56.7 Å². The molecule has 0 unspecified atom stereocenters. The van der Waals surface area contributed by atoms with Crippen molar-refractivity contribution in [2.24, 2.45) is 0 Å². The van der Waals surface area contributed by atoms with Gasteiger partial charge >= 0.3 is 0 Å². The van der Waals surface area contributed by atoms with Gasteiger partial charge in [0.05, 0.1) is 0 Å². The standard InChI is InChI=1S/C24H20S5/c1-13-11-21(28-23(13)19-7-5-15(3)25-19)17-9-10-18(27-17)22-12-14(2)24(29-22)20-8-6-16(4)26-20/h5-12H,1-4H3. The molecular weight excluding hydrogens is 449 g/mol. The molecule has 0 bridgehead atoms. The maximum atomic E-state index is 2.35. The van der Waals surface area contributed by atoms with Crippen LogP contribution in [0.2, 0.25) is 0 Å². The Kier molecular flexibility index (Phi) is 5.13. The lowest BCUT2D eigenvalue weighted by Crippen LogP contribution is -1.66. The van der Waals surface area contributed by atoms with Crippen molar-refractivity contribution in [3.8, 4) is 39.0 Å². The second kappa shape index (κ2) is 7.64. The summed E-state index contributed by atoms with van der Waals surface area (Å²) in [5.74, 6) is 0. The Bertz CT molecular complexity index is 1200. The molecule has 5 rings (SSSR count). The van der Waals surface area contributed by atoms with Gasteiger partial charge in [0.1, 0.15) is 0 Å². The van der Waals surface area contributed by atoms with Gasteiger partial charge in [-0.25, -0.2) is 0 Å². The summed E-state index contributed by atoms with van der Waals surface area (Å²) < 4.78 is 0. The van der Waals surface area contributed by atoms with E-state index in [0.717, 1.165) is 0 Å². The van der Waals surface area contributed by atoms with Crippen LogP contribution in [0.5, 0.6) is 0 Å². The number of thiophene rings is 5. The van der Waals surface area contributed by atoms with Gasteiger partial charge in [0.15, 0.2) is 0 Å². The number of hydrogen-bond donors (Lipinski definition) is 0. The monoisotopic (exact) mass is 468 g/mol. The highest BCUT2D eigenvalue weighted by atomic mass is 32.1. The predicted octanol–water partition coefficient (Wildman–Crippen LogP) is 9.90. The van der Waals surface area contributed by atoms with E-state index in [0.29, 0.717) is 0 Å². The van der Waals surface area contributed by atoms with Crippen molar-refractivity contribution in [1.82, 2.24) is 0 Å². The molecule has 5 aromatic heterocycles. The van der Waals surface area contributed by atoms with Crippen molar-refractivity contribution in [3.63, 3.8) is 0 Å². The van der Waals surface area contributed by atoms with E-state index < -0.39 is 0 Å². The van der Waals surface area contributed by atoms with Crippen LogP contribution in [-0.2, 0) is 0 Å². The average molecular weight is 469 g/mol. The molecule has 0 fully saturated rings. The molecule has 0 saturated carbocycles. The fraction of sp³-hybridized carbons (Fsp3) is 0.167. The first-order valence-electron chi connectivity index (χ1n) is 9.43. The summed E-state index contributed by atoms with van der Waals surface area (Å²) in [6.45, 7) is 8.82. The lowest BCUT2D eigenvalue weighted by atomic mass is 10.2. The second-order valence-electron chi connectivity index (χ2n) is 7.23. The molecule has 0 aliphatic heterocycles. The lowest BCUT2D eigenvalue weighted by molar-refractivity contribution is 1.56. The third kappa shape index (κ3) is 3.71. The Morgan fingerprint density at radius 1 is 0.414 bits per heavy atom. The summed E-state index contributed by atoms with van der Waals surface area (Å²) in [6.07, 6.45) is 0. The normalized spacial score (nSPS) is 11.4. The Hall–Kier alpha value is -1.50. The van der Waals surface area contributed by atoms with Crippen LogP contribution in [0.15, 0.2) is 48.5 Å². The molecule has 29 heavy (non-hydrogen) atoms. The molecule has 5 heteroatoms. The number of aryl methyl sites for hydroxylation is 4. The number of rotatable bonds is 4. The largest absolute Gasteiger partial charge is 0.140 e. The summed E-state index contributed by atoms with van der Waals surface area (Å²) >= 11 is 9.53. The van der Waals surface area contributed by atoms with E-state index in [1.165, 1.54) is 59.9 Å². The fourth-order valence-electron chi connectivity index (χ4n) is 3.41. The highest BCUT2D eigenvalue weighted by Crippen LogP contribution is 2.46. The Morgan fingerprint density at radius 2 is 0.828 bits per heavy atom. The first-order chi connectivity index (χ1) is 14.0. The van der Waals surface area contributed by atoms with E-state index in [2.05, 4.69) is 76.2 Å². The molecule has 5 aromatic rings. The van der Waals surface area contributed by atoms with Gasteiger partial charge in [0, 0.05) is 48.8 Å². The van der Waals surface area contributed by atoms with E-state index in [4.69, 9.17) is 0 Å². The predicted molar refractivity (Wildman–Crippen MR) is 137 cm³/mol. The summed E-state index contributed by atoms with van der Waals surface area (Å²) in [4.78, 5) is 13.8. The van der Waals surface area contributed by atoms with Gasteiger partial charge in [-0.15, -0.1) is 56.7 Å². The molecule has 5 heterocycles. The third-order valence-corrected chi connectivity index (χ3v) is 11.2. The van der Waals surface area contributed by atoms with E-state index in [-0.39, 0.29) is 0 Å². The Balaban J connectivity index is 1.47. The van der Waals surface area contributed by atoms with Gasteiger partial charge in [-0.05, 0) is 87.4 Å². The van der Waals surface area contributed by atoms with Crippen molar-refractivity contribution >= 4 is 56.7 Å². The summed E-state index contributed by atoms with van der Waals surface area (Å²) in [5, 5.41) is 0. The van der Waals surface area contributed by atoms with Gasteiger partial charge in [0.25, 0.3) is 0 Å². The molecule has 0 amide bonds. The topological polar surface area (TPSA) is 0 Å². The molecule has 0 atom stereocenters. The van der Waals surface area contributed by atoms with Gasteiger partial charge in [-0.3, -0.25) is 0 Å². The quantitative estimate of drug-likeness (QED) is 0.246. The minimum absolute atomic E-state index is 1.37. The third-order valence-electron chi connectivity index (χ3n) is 4.86. The molecule has 0 nitrogen and oxygen atoms in total. The molecule has 0 spiro atoms. The van der Waals surface area contributed by atoms with Crippen LogP contribution in [0.1, 0.15) is 20.9 Å². The van der Waals surface area contributed by atoms with Gasteiger partial charge in [-0.1, -0.05) is 0 Å². The van der Waals surface area contributed by atoms with Crippen molar-refractivity contribution in [1.29, 1.82) is 0 Å². The van der Waals surface area contributed by atoms with E-state index in [1.54, 1.807) is 0 Å². The maximum Gasteiger partial charge on any atom is 0.0478 e. The average Bonchev–Trinajstić information content (AvgIpc) is 3.46. The van der Waals surface area contributed by atoms with Gasteiger partial charge in [0.2, 0.25) is 0 Å². The van der Waals surface area contributed by atoms with Crippen LogP contribution >= 0.6 is 56.7 Å². The molecule has 146 valence electrons. The van der Waals surface area contributed by atoms with Crippen molar-refractivity contribution in [2.75, 3.05) is 0 Å². The van der Waals surface area contributed by atoms with Crippen LogP contribution in [0.25, 0.3) is 39.0 Å². The van der Waals surface area contributed by atoms with Crippen LogP contribution in [0.4, 0.5) is 0 Å². The zero-order valence-electron chi connectivity index (χ0n) is 16.7. The maximum absolute atomic E-state index is 2.35. The van der Waals surface area contributed by atoms with E-state index >= 15 is 0 Å². The molecular formula is C24H20S5. The second-order valence-corrected chi connectivity index (χ2v) is 13.0. The van der Waals surface area contributed by atoms with Crippen LogP contribution in [0.3, 0.4) is 0 Å². The molecule has 0 N–H and O–H groups in total. The molecule has 0 aliphatic rings. The molecule has 0 radical (unpaired) electrons. The van der Waals surface area contributed by atoms with Crippen molar-refractivity contribution in [3.05, 3.63) is 69.4 Å². The van der Waals surface area contributed by atoms with Crippen LogP contribution in [-0.4, -0.2) is 0 Å². The fourth-order valence-corrected chi connectivity index (χ4v) is 9.01. The minimum atomic E-state index is 1.37. The molecule has 0 aromatic carbocycles. The SMILES string of the molecule is Cc1ccc(-c2sc(-c3ccc(-c4cc(C)c(-c5ccc(C)s5)s4)s3)cc2C)s1. The first-order valence-corrected chi connectivity index (χ1v) is 13.5. The highest BCUT2D eigenvalue weighted by Gasteiger charge is 2.15. The Labute approximate surface area is 191 Å². The summed E-state index contributed by atoms with van der Waals surface area (Å²) in [5.41, 5.74) is 2.76. The highest BCUT2D eigenvalue weighted by molar-refractivity contribution is 7.29. The van der Waals surface area contributed by atoms with Gasteiger partial charge in [-0.2, -0.15) is 0 Å². The van der Waals surface area contributed by atoms with Crippen LogP contribution in [0, 0.1) is 27.7 Å². The summed E-state index contributed by atoms with van der Waals surface area (Å²) in [7, 11) is 0. The Morgan fingerprint density at radius 3 is 1.21 bits per heavy atom. The van der Waals surface area contributed by atoms with Crippen molar-refractivity contribution in [2.45, 2.75) is 27.7 Å². The molecule has 0 aliphatic carbocycles.